The molecule has 0 saturated carbocycles. The summed E-state index contributed by atoms with van der Waals surface area (Å²) in [5.41, 5.74) is 2.65. The molecule has 0 aromatic heterocycles. The predicted octanol–water partition coefficient (Wildman–Crippen LogP) is 3.51. The summed E-state index contributed by atoms with van der Waals surface area (Å²) in [6.45, 7) is 3.78. The Kier molecular flexibility index (Phi) is 5.96. The lowest BCUT2D eigenvalue weighted by Crippen LogP contribution is -2.60. The number of benzene rings is 3. The normalized spacial score (nSPS) is 12.3. The summed E-state index contributed by atoms with van der Waals surface area (Å²) >= 11 is 0. The van der Waals surface area contributed by atoms with Gasteiger partial charge in [-0.2, -0.15) is 0 Å². The molecule has 27 heavy (non-hydrogen) atoms. The molecule has 0 amide bonds. The van der Waals surface area contributed by atoms with Crippen LogP contribution < -0.4 is 10.4 Å². The molecule has 5 heteroatoms. The van der Waals surface area contributed by atoms with Crippen LogP contribution in [0.15, 0.2) is 103 Å². The smallest absolute Gasteiger partial charge is 0.281 e. The van der Waals surface area contributed by atoms with Crippen LogP contribution in [0.5, 0.6) is 0 Å². The van der Waals surface area contributed by atoms with Crippen LogP contribution in [-0.2, 0) is 4.43 Å². The van der Waals surface area contributed by atoms with Crippen molar-refractivity contribution in [3.63, 3.8) is 0 Å². The van der Waals surface area contributed by atoms with Crippen LogP contribution in [0, 0.1) is 10.1 Å². The summed E-state index contributed by atoms with van der Waals surface area (Å²) in [5.74, 6) is 0. The van der Waals surface area contributed by atoms with Crippen LogP contribution in [0.25, 0.3) is 0 Å². The van der Waals surface area contributed by atoms with E-state index in [0.717, 1.165) is 15.9 Å². The lowest BCUT2D eigenvalue weighted by atomic mass is 10.1. The highest BCUT2D eigenvalue weighted by Crippen LogP contribution is 2.23. The molecule has 3 aromatic rings. The fourth-order valence-electron chi connectivity index (χ4n) is 3.20. The van der Waals surface area contributed by atoms with E-state index in [1.807, 2.05) is 96.7 Å². The lowest BCUT2D eigenvalue weighted by molar-refractivity contribution is -0.490. The molecule has 0 aliphatic heterocycles. The molecule has 0 spiro atoms. The van der Waals surface area contributed by atoms with Gasteiger partial charge in [0.25, 0.3) is 8.32 Å². The Labute approximate surface area is 160 Å². The molecule has 0 aliphatic rings. The average Bonchev–Trinajstić information content (AvgIpc) is 2.73. The third-order valence-electron chi connectivity index (χ3n) is 4.51. The number of nitro groups is 1. The first kappa shape index (κ1) is 18.8. The zero-order valence-corrected chi connectivity index (χ0v) is 15.9. The van der Waals surface area contributed by atoms with Gasteiger partial charge in [-0.3, -0.25) is 10.1 Å². The van der Waals surface area contributed by atoms with Crippen molar-refractivity contribution in [2.45, 2.75) is 6.10 Å². The first-order valence-corrected chi connectivity index (χ1v) is 10.7. The lowest BCUT2D eigenvalue weighted by Gasteiger charge is -2.32. The summed E-state index contributed by atoms with van der Waals surface area (Å²) in [6.07, 6.45) is -0.661. The molecule has 0 bridgehead atoms. The Balaban J connectivity index is 2.12. The van der Waals surface area contributed by atoms with Crippen molar-refractivity contribution in [1.82, 2.24) is 0 Å². The standard InChI is InChI=1S/C22H21NO3Si/c1-2-27(20-14-8-4-9-15-20,21-16-10-5-11-17-21)26-22(18-23(24)25)19-12-6-3-7-13-19/h2-17,22H,1,18H2. The van der Waals surface area contributed by atoms with E-state index in [1.165, 1.54) is 0 Å². The third kappa shape index (κ3) is 4.21. The van der Waals surface area contributed by atoms with E-state index in [2.05, 4.69) is 6.58 Å². The second-order valence-corrected chi connectivity index (χ2v) is 9.47. The fraction of sp³-hybridized carbons (Fsp3) is 0.0909. The van der Waals surface area contributed by atoms with E-state index in [4.69, 9.17) is 4.43 Å². The fourth-order valence-corrected chi connectivity index (χ4v) is 6.40. The number of hydrogen-bond donors (Lipinski definition) is 0. The van der Waals surface area contributed by atoms with Crippen LogP contribution in [-0.4, -0.2) is 19.8 Å². The quantitative estimate of drug-likeness (QED) is 0.344. The third-order valence-corrected chi connectivity index (χ3v) is 8.12. The summed E-state index contributed by atoms with van der Waals surface area (Å²) in [7, 11) is -2.87. The van der Waals surface area contributed by atoms with E-state index in [9.17, 15) is 10.1 Å². The summed E-state index contributed by atoms with van der Waals surface area (Å²) < 4.78 is 6.64. The maximum absolute atomic E-state index is 11.3. The molecular weight excluding hydrogens is 354 g/mol. The molecule has 0 heterocycles. The van der Waals surface area contributed by atoms with Gasteiger partial charge in [-0.05, 0) is 15.9 Å². The zero-order chi connectivity index (χ0) is 19.1. The molecule has 0 radical (unpaired) electrons. The Bertz CT molecular complexity index is 846. The maximum atomic E-state index is 11.3. The minimum atomic E-state index is -2.87. The van der Waals surface area contributed by atoms with Gasteiger partial charge in [0.1, 0.15) is 6.10 Å². The highest BCUT2D eigenvalue weighted by Gasteiger charge is 2.40. The number of rotatable bonds is 8. The van der Waals surface area contributed by atoms with Crippen molar-refractivity contribution >= 4 is 18.7 Å². The second kappa shape index (κ2) is 8.57. The van der Waals surface area contributed by atoms with Gasteiger partial charge in [0.05, 0.1) is 0 Å². The van der Waals surface area contributed by atoms with E-state index in [-0.39, 0.29) is 11.5 Å². The number of nitrogens with zero attached hydrogens (tertiary/aromatic N) is 1. The van der Waals surface area contributed by atoms with Gasteiger partial charge in [-0.1, -0.05) is 96.7 Å². The van der Waals surface area contributed by atoms with Gasteiger partial charge < -0.3 is 4.43 Å². The number of hydrogen-bond acceptors (Lipinski definition) is 3. The average molecular weight is 376 g/mol. The highest BCUT2D eigenvalue weighted by molar-refractivity contribution is 7.01. The second-order valence-electron chi connectivity index (χ2n) is 6.20. The van der Waals surface area contributed by atoms with Crippen LogP contribution >= 0.6 is 0 Å². The molecule has 1 unspecified atom stereocenters. The van der Waals surface area contributed by atoms with Crippen LogP contribution in [0.4, 0.5) is 0 Å². The highest BCUT2D eigenvalue weighted by atomic mass is 28.4. The van der Waals surface area contributed by atoms with Gasteiger partial charge in [0.2, 0.25) is 6.54 Å². The van der Waals surface area contributed by atoms with E-state index in [1.54, 1.807) is 0 Å². The van der Waals surface area contributed by atoms with Crippen LogP contribution in [0.3, 0.4) is 0 Å². The summed E-state index contributed by atoms with van der Waals surface area (Å²) in [5, 5.41) is 13.4. The van der Waals surface area contributed by atoms with E-state index >= 15 is 0 Å². The minimum absolute atomic E-state index is 0.299. The van der Waals surface area contributed by atoms with Crippen molar-refractivity contribution in [3.8, 4) is 0 Å². The van der Waals surface area contributed by atoms with Gasteiger partial charge in [0.15, 0.2) is 0 Å². The van der Waals surface area contributed by atoms with Crippen LogP contribution in [0.1, 0.15) is 11.7 Å². The Morgan fingerprint density at radius 1 is 0.889 bits per heavy atom. The SMILES string of the molecule is C=C[Si](OC(C[N+](=O)[O-])c1ccccc1)(c1ccccc1)c1ccccc1. The molecule has 4 nitrogen and oxygen atoms in total. The van der Waals surface area contributed by atoms with Gasteiger partial charge >= 0.3 is 0 Å². The Morgan fingerprint density at radius 2 is 1.33 bits per heavy atom. The van der Waals surface area contributed by atoms with Gasteiger partial charge in [0, 0.05) is 4.92 Å². The summed E-state index contributed by atoms with van der Waals surface area (Å²) in [4.78, 5) is 11.0. The van der Waals surface area contributed by atoms with Crippen molar-refractivity contribution in [3.05, 3.63) is 119 Å². The van der Waals surface area contributed by atoms with Crippen molar-refractivity contribution < 1.29 is 9.35 Å². The molecule has 0 fully saturated rings. The summed E-state index contributed by atoms with van der Waals surface area (Å²) in [6, 6.07) is 29.1. The Morgan fingerprint density at radius 3 is 1.74 bits per heavy atom. The molecule has 0 aliphatic carbocycles. The molecule has 136 valence electrons. The molecule has 1 atom stereocenters. The van der Waals surface area contributed by atoms with Gasteiger partial charge in [-0.15, -0.1) is 6.58 Å². The molecule has 3 aromatic carbocycles. The first-order valence-electron chi connectivity index (χ1n) is 8.75. The van der Waals surface area contributed by atoms with Crippen molar-refractivity contribution in [2.75, 3.05) is 6.54 Å². The zero-order valence-electron chi connectivity index (χ0n) is 14.9. The largest absolute Gasteiger partial charge is 0.391 e. The van der Waals surface area contributed by atoms with Crippen molar-refractivity contribution in [1.29, 1.82) is 0 Å². The van der Waals surface area contributed by atoms with Crippen LogP contribution in [0.2, 0.25) is 0 Å². The molecular formula is C22H21NO3Si. The van der Waals surface area contributed by atoms with E-state index < -0.39 is 14.4 Å². The molecule has 3 rings (SSSR count). The maximum Gasteiger partial charge on any atom is 0.281 e. The predicted molar refractivity (Wildman–Crippen MR) is 110 cm³/mol. The Hall–Kier alpha value is -3.02. The topological polar surface area (TPSA) is 52.4 Å². The monoisotopic (exact) mass is 375 g/mol. The minimum Gasteiger partial charge on any atom is -0.391 e. The van der Waals surface area contributed by atoms with Crippen molar-refractivity contribution in [2.24, 2.45) is 0 Å². The first-order chi connectivity index (χ1) is 13.2. The molecule has 0 saturated heterocycles. The van der Waals surface area contributed by atoms with Gasteiger partial charge in [-0.25, -0.2) is 0 Å². The molecule has 0 N–H and O–H groups in total. The van der Waals surface area contributed by atoms with E-state index in [0.29, 0.717) is 0 Å².